The van der Waals surface area contributed by atoms with Crippen molar-refractivity contribution in [3.05, 3.63) is 47.5 Å². The molecule has 0 bridgehead atoms. The molecule has 2 aromatic rings. The first-order chi connectivity index (χ1) is 12.9. The molecule has 0 fully saturated rings. The lowest BCUT2D eigenvalue weighted by atomic mass is 10.0. The highest BCUT2D eigenvalue weighted by molar-refractivity contribution is 7.89. The Morgan fingerprint density at radius 3 is 2.63 bits per heavy atom. The molecule has 8 heteroatoms. The fourth-order valence-electron chi connectivity index (χ4n) is 3.23. The van der Waals surface area contributed by atoms with Crippen LogP contribution in [0.25, 0.3) is 0 Å². The van der Waals surface area contributed by atoms with Gasteiger partial charge in [-0.25, -0.2) is 8.42 Å². The monoisotopic (exact) mass is 388 g/mol. The quantitative estimate of drug-likeness (QED) is 0.868. The molecular weight excluding hydrogens is 368 g/mol. The summed E-state index contributed by atoms with van der Waals surface area (Å²) in [6.07, 6.45) is 0.903. The molecule has 0 aromatic heterocycles. The Labute approximate surface area is 157 Å². The fraction of sp³-hybridized carbons (Fsp3) is 0.316. The van der Waals surface area contributed by atoms with Gasteiger partial charge in [0.15, 0.2) is 11.5 Å². The molecule has 27 heavy (non-hydrogen) atoms. The number of carbonyl (C=O) groups excluding carboxylic acids is 1. The van der Waals surface area contributed by atoms with Gasteiger partial charge in [-0.2, -0.15) is 4.31 Å². The van der Waals surface area contributed by atoms with Gasteiger partial charge < -0.3 is 14.8 Å². The smallest absolute Gasteiger partial charge is 0.243 e. The van der Waals surface area contributed by atoms with Crippen LogP contribution in [0.2, 0.25) is 0 Å². The normalized spacial score (nSPS) is 16.0. The van der Waals surface area contributed by atoms with E-state index in [1.807, 2.05) is 12.1 Å². The molecule has 1 N–H and O–H groups in total. The van der Waals surface area contributed by atoms with Gasteiger partial charge in [-0.1, -0.05) is 6.07 Å². The van der Waals surface area contributed by atoms with Gasteiger partial charge in [0, 0.05) is 25.7 Å². The fourth-order valence-corrected chi connectivity index (χ4v) is 4.44. The molecule has 0 saturated carbocycles. The molecule has 2 aliphatic heterocycles. The number of anilines is 1. The van der Waals surface area contributed by atoms with Crippen molar-refractivity contribution in [2.24, 2.45) is 0 Å². The first-order valence-electron chi connectivity index (χ1n) is 8.71. The van der Waals surface area contributed by atoms with E-state index in [0.717, 1.165) is 11.1 Å². The predicted molar refractivity (Wildman–Crippen MR) is 99.5 cm³/mol. The van der Waals surface area contributed by atoms with Gasteiger partial charge in [0.25, 0.3) is 0 Å². The molecule has 2 heterocycles. The highest BCUT2D eigenvalue weighted by Crippen LogP contribution is 2.32. The van der Waals surface area contributed by atoms with Crippen LogP contribution >= 0.6 is 0 Å². The highest BCUT2D eigenvalue weighted by atomic mass is 32.2. The summed E-state index contributed by atoms with van der Waals surface area (Å²) in [5, 5.41) is 2.76. The third-order valence-electron chi connectivity index (χ3n) is 4.69. The topological polar surface area (TPSA) is 84.9 Å². The number of nitrogens with one attached hydrogen (secondary N) is 1. The summed E-state index contributed by atoms with van der Waals surface area (Å²) in [4.78, 5) is 11.7. The number of ether oxygens (including phenoxy) is 2. The second kappa shape index (κ2) is 6.86. The largest absolute Gasteiger partial charge is 0.486 e. The van der Waals surface area contributed by atoms with Gasteiger partial charge >= 0.3 is 0 Å². The van der Waals surface area contributed by atoms with Crippen LogP contribution in [0.4, 0.5) is 5.69 Å². The number of sulfonamides is 1. The maximum atomic E-state index is 13.0. The molecule has 2 aliphatic rings. The highest BCUT2D eigenvalue weighted by Gasteiger charge is 2.24. The number of amides is 1. The van der Waals surface area contributed by atoms with Gasteiger partial charge in [-0.15, -0.1) is 0 Å². The van der Waals surface area contributed by atoms with Crippen molar-refractivity contribution >= 4 is 21.6 Å². The van der Waals surface area contributed by atoms with E-state index in [2.05, 4.69) is 5.32 Å². The Kier molecular flexibility index (Phi) is 4.53. The lowest BCUT2D eigenvalue weighted by Crippen LogP contribution is -2.27. The maximum Gasteiger partial charge on any atom is 0.243 e. The zero-order valence-electron chi connectivity index (χ0n) is 14.9. The zero-order chi connectivity index (χ0) is 19.0. The summed E-state index contributed by atoms with van der Waals surface area (Å²) in [5.41, 5.74) is 2.33. The van der Waals surface area contributed by atoms with Gasteiger partial charge in [0.1, 0.15) is 13.2 Å². The summed E-state index contributed by atoms with van der Waals surface area (Å²) >= 11 is 0. The molecule has 0 radical (unpaired) electrons. The minimum absolute atomic E-state index is 0.0474. The van der Waals surface area contributed by atoms with E-state index in [1.54, 1.807) is 25.2 Å². The van der Waals surface area contributed by atoms with E-state index in [0.29, 0.717) is 43.2 Å². The minimum Gasteiger partial charge on any atom is -0.486 e. The summed E-state index contributed by atoms with van der Waals surface area (Å²) in [6.45, 7) is 1.21. The number of hydrogen-bond donors (Lipinski definition) is 1. The molecule has 2 aromatic carbocycles. The van der Waals surface area contributed by atoms with Crippen molar-refractivity contribution in [1.82, 2.24) is 4.31 Å². The summed E-state index contributed by atoms with van der Waals surface area (Å²) < 4.78 is 38.3. The lowest BCUT2D eigenvalue weighted by molar-refractivity contribution is -0.116. The van der Waals surface area contributed by atoms with Crippen molar-refractivity contribution < 1.29 is 22.7 Å². The second-order valence-corrected chi connectivity index (χ2v) is 8.65. The van der Waals surface area contributed by atoms with Gasteiger partial charge in [-0.05, 0) is 47.9 Å². The van der Waals surface area contributed by atoms with E-state index in [4.69, 9.17) is 9.47 Å². The van der Waals surface area contributed by atoms with Gasteiger partial charge in [0.05, 0.1) is 4.90 Å². The van der Waals surface area contributed by atoms with Gasteiger partial charge in [0.2, 0.25) is 15.9 Å². The molecule has 0 atom stereocenters. The number of carbonyl (C=O) groups is 1. The molecule has 142 valence electrons. The molecule has 1 amide bonds. The molecule has 0 spiro atoms. The standard InChI is InChI=1S/C19H20N2O5S/c1-21(12-13-2-6-17-18(10-13)26-9-8-25-17)27(23,24)15-4-5-16-14(11-15)3-7-19(22)20-16/h2,4-6,10-11H,3,7-9,12H2,1H3,(H,20,22). The predicted octanol–water partition coefficient (Wildman–Crippen LogP) is 2.16. The van der Waals surface area contributed by atoms with Crippen LogP contribution in [-0.4, -0.2) is 38.9 Å². The van der Waals surface area contributed by atoms with E-state index in [-0.39, 0.29) is 17.3 Å². The van der Waals surface area contributed by atoms with Crippen molar-refractivity contribution in [2.75, 3.05) is 25.6 Å². The first kappa shape index (κ1) is 17.8. The summed E-state index contributed by atoms with van der Waals surface area (Å²) in [5.74, 6) is 1.26. The van der Waals surface area contributed by atoms with Crippen LogP contribution in [0.1, 0.15) is 17.5 Å². The summed E-state index contributed by atoms with van der Waals surface area (Å²) in [7, 11) is -2.11. The Bertz CT molecular complexity index is 1000. The molecule has 0 unspecified atom stereocenters. The molecule has 4 rings (SSSR count). The van der Waals surface area contributed by atoms with E-state index < -0.39 is 10.0 Å². The second-order valence-electron chi connectivity index (χ2n) is 6.61. The van der Waals surface area contributed by atoms with Crippen molar-refractivity contribution in [3.8, 4) is 11.5 Å². The minimum atomic E-state index is -3.66. The van der Waals surface area contributed by atoms with Crippen LogP contribution in [0, 0.1) is 0 Å². The van der Waals surface area contributed by atoms with Crippen molar-refractivity contribution in [2.45, 2.75) is 24.3 Å². The molecule has 0 aliphatic carbocycles. The van der Waals surface area contributed by atoms with Crippen LogP contribution in [0.15, 0.2) is 41.3 Å². The van der Waals surface area contributed by atoms with Crippen LogP contribution in [-0.2, 0) is 27.8 Å². The van der Waals surface area contributed by atoms with E-state index in [9.17, 15) is 13.2 Å². The van der Waals surface area contributed by atoms with Crippen molar-refractivity contribution in [1.29, 1.82) is 0 Å². The zero-order valence-corrected chi connectivity index (χ0v) is 15.7. The molecule has 0 saturated heterocycles. The van der Waals surface area contributed by atoms with Gasteiger partial charge in [-0.3, -0.25) is 4.79 Å². The molecule has 7 nitrogen and oxygen atoms in total. The van der Waals surface area contributed by atoms with Crippen LogP contribution in [0.5, 0.6) is 11.5 Å². The van der Waals surface area contributed by atoms with Crippen molar-refractivity contribution in [3.63, 3.8) is 0 Å². The Morgan fingerprint density at radius 2 is 1.81 bits per heavy atom. The lowest BCUT2D eigenvalue weighted by Gasteiger charge is -2.22. The Balaban J connectivity index is 1.56. The molecular formula is C19H20N2O5S. The first-order valence-corrected chi connectivity index (χ1v) is 10.1. The van der Waals surface area contributed by atoms with Crippen LogP contribution in [0.3, 0.4) is 0 Å². The number of rotatable bonds is 4. The van der Waals surface area contributed by atoms with Crippen LogP contribution < -0.4 is 14.8 Å². The number of benzene rings is 2. The van der Waals surface area contributed by atoms with E-state index in [1.165, 1.54) is 10.4 Å². The SMILES string of the molecule is CN(Cc1ccc2c(c1)OCCO2)S(=O)(=O)c1ccc2c(c1)CCC(=O)N2. The average molecular weight is 388 g/mol. The third kappa shape index (κ3) is 3.50. The summed E-state index contributed by atoms with van der Waals surface area (Å²) in [6, 6.07) is 10.3. The Morgan fingerprint density at radius 1 is 1.04 bits per heavy atom. The number of nitrogens with zero attached hydrogens (tertiary/aromatic N) is 1. The number of fused-ring (bicyclic) bond motifs is 2. The maximum absolute atomic E-state index is 13.0. The average Bonchev–Trinajstić information content (AvgIpc) is 2.67. The number of aryl methyl sites for hydroxylation is 1. The van der Waals surface area contributed by atoms with E-state index >= 15 is 0 Å². The Hall–Kier alpha value is -2.58. The third-order valence-corrected chi connectivity index (χ3v) is 6.49. The number of hydrogen-bond acceptors (Lipinski definition) is 5.